The fourth-order valence-electron chi connectivity index (χ4n) is 3.05. The van der Waals surface area contributed by atoms with Gasteiger partial charge in [0.1, 0.15) is 23.2 Å². The molecule has 4 aromatic rings. The van der Waals surface area contributed by atoms with E-state index in [4.69, 9.17) is 5.26 Å². The summed E-state index contributed by atoms with van der Waals surface area (Å²) in [6.07, 6.45) is 0.0303. The number of halogens is 4. The van der Waals surface area contributed by atoms with Gasteiger partial charge < -0.3 is 10.3 Å². The van der Waals surface area contributed by atoms with Crippen LogP contribution in [-0.4, -0.2) is 19.9 Å². The van der Waals surface area contributed by atoms with Gasteiger partial charge in [0.05, 0.1) is 5.56 Å². The maximum absolute atomic E-state index is 14.5. The fourth-order valence-corrected chi connectivity index (χ4v) is 3.05. The maximum Gasteiger partial charge on any atom is 0.433 e. The molecule has 0 radical (unpaired) electrons. The molecule has 0 aliphatic carbocycles. The number of aromatic nitrogens is 4. The van der Waals surface area contributed by atoms with Crippen LogP contribution in [0.2, 0.25) is 0 Å². The number of hydrogen-bond donors (Lipinski definition) is 2. The Kier molecular flexibility index (Phi) is 5.25. The minimum Gasteiger partial charge on any atom is -0.366 e. The van der Waals surface area contributed by atoms with Crippen molar-refractivity contribution in [3.63, 3.8) is 0 Å². The number of nitrogens with one attached hydrogen (secondary N) is 2. The Labute approximate surface area is 173 Å². The lowest BCUT2D eigenvalue weighted by atomic mass is 10.1. The van der Waals surface area contributed by atoms with E-state index < -0.39 is 17.8 Å². The number of fused-ring (bicyclic) bond motifs is 1. The number of nitriles is 1. The van der Waals surface area contributed by atoms with E-state index in [1.165, 1.54) is 12.3 Å². The van der Waals surface area contributed by atoms with E-state index in [9.17, 15) is 17.6 Å². The van der Waals surface area contributed by atoms with E-state index in [0.717, 1.165) is 23.2 Å². The van der Waals surface area contributed by atoms with Gasteiger partial charge in [0.2, 0.25) is 5.95 Å². The normalized spacial score (nSPS) is 11.5. The number of nitrogens with zero attached hydrogens (tertiary/aromatic N) is 4. The molecule has 0 amide bonds. The van der Waals surface area contributed by atoms with Gasteiger partial charge in [-0.25, -0.2) is 9.97 Å². The number of H-pyrrole nitrogens is 1. The van der Waals surface area contributed by atoms with Gasteiger partial charge in [-0.2, -0.15) is 22.8 Å². The zero-order chi connectivity index (χ0) is 22.0. The average Bonchev–Trinajstić information content (AvgIpc) is 3.15. The zero-order valence-electron chi connectivity index (χ0n) is 15.8. The zero-order valence-corrected chi connectivity index (χ0v) is 15.8. The van der Waals surface area contributed by atoms with Crippen molar-refractivity contribution in [3.05, 3.63) is 82.8 Å². The molecule has 0 aromatic carbocycles. The second-order valence-corrected chi connectivity index (χ2v) is 6.77. The highest BCUT2D eigenvalue weighted by Crippen LogP contribution is 2.27. The Bertz CT molecular complexity index is 1270. The maximum atomic E-state index is 14.5. The monoisotopic (exact) mass is 426 g/mol. The number of rotatable bonds is 5. The third-order valence-electron chi connectivity index (χ3n) is 4.64. The van der Waals surface area contributed by atoms with Gasteiger partial charge in [0, 0.05) is 42.5 Å². The van der Waals surface area contributed by atoms with Crippen molar-refractivity contribution in [3.8, 4) is 6.07 Å². The van der Waals surface area contributed by atoms with Crippen LogP contribution in [0.5, 0.6) is 0 Å². The first-order valence-electron chi connectivity index (χ1n) is 9.11. The van der Waals surface area contributed by atoms with Gasteiger partial charge in [-0.1, -0.05) is 12.1 Å². The summed E-state index contributed by atoms with van der Waals surface area (Å²) < 4.78 is 52.2. The molecule has 0 saturated carbocycles. The van der Waals surface area contributed by atoms with Crippen molar-refractivity contribution >= 4 is 16.9 Å². The molecule has 0 bridgehead atoms. The molecule has 4 aromatic heterocycles. The molecular weight excluding hydrogens is 412 g/mol. The largest absolute Gasteiger partial charge is 0.433 e. The predicted molar refractivity (Wildman–Crippen MR) is 104 cm³/mol. The van der Waals surface area contributed by atoms with Crippen LogP contribution in [-0.2, 0) is 19.1 Å². The summed E-state index contributed by atoms with van der Waals surface area (Å²) in [5, 5.41) is 12.6. The molecule has 0 atom stereocenters. The van der Waals surface area contributed by atoms with Crippen molar-refractivity contribution < 1.29 is 17.6 Å². The molecule has 4 rings (SSSR count). The SMILES string of the molecule is N#Cc1cnc2[nH]cc(Cc3ccc(NCc4ccc(C(F)(F)F)nc4)nc3F)c2c1. The molecule has 0 aliphatic heterocycles. The van der Waals surface area contributed by atoms with Gasteiger partial charge in [-0.05, 0) is 29.3 Å². The van der Waals surface area contributed by atoms with Crippen LogP contribution in [0.1, 0.15) is 27.9 Å². The molecule has 0 aliphatic rings. The van der Waals surface area contributed by atoms with Crippen LogP contribution in [0.25, 0.3) is 11.0 Å². The summed E-state index contributed by atoms with van der Waals surface area (Å²) >= 11 is 0. The molecule has 31 heavy (non-hydrogen) atoms. The van der Waals surface area contributed by atoms with E-state index in [1.54, 1.807) is 24.4 Å². The minimum atomic E-state index is -4.50. The first-order valence-corrected chi connectivity index (χ1v) is 9.11. The number of aromatic amines is 1. The Hall–Kier alpha value is -4.00. The summed E-state index contributed by atoms with van der Waals surface area (Å²) in [6, 6.07) is 9.07. The van der Waals surface area contributed by atoms with Crippen molar-refractivity contribution in [1.29, 1.82) is 5.26 Å². The summed E-state index contributed by atoms with van der Waals surface area (Å²) in [4.78, 5) is 14.4. The highest BCUT2D eigenvalue weighted by atomic mass is 19.4. The van der Waals surface area contributed by atoms with Gasteiger partial charge >= 0.3 is 6.18 Å². The molecule has 156 valence electrons. The average molecular weight is 426 g/mol. The van der Waals surface area contributed by atoms with Crippen LogP contribution in [0.3, 0.4) is 0 Å². The number of anilines is 1. The Balaban J connectivity index is 1.46. The lowest BCUT2D eigenvalue weighted by Crippen LogP contribution is -2.09. The highest BCUT2D eigenvalue weighted by molar-refractivity contribution is 5.81. The first kappa shape index (κ1) is 20.3. The lowest BCUT2D eigenvalue weighted by Gasteiger charge is -2.09. The topological polar surface area (TPSA) is 90.3 Å². The summed E-state index contributed by atoms with van der Waals surface area (Å²) in [6.45, 7) is 0.141. The molecule has 0 unspecified atom stereocenters. The van der Waals surface area contributed by atoms with E-state index in [0.29, 0.717) is 22.3 Å². The van der Waals surface area contributed by atoms with Gasteiger partial charge in [-0.15, -0.1) is 0 Å². The third kappa shape index (κ3) is 4.45. The van der Waals surface area contributed by atoms with Crippen molar-refractivity contribution in [2.45, 2.75) is 19.1 Å². The van der Waals surface area contributed by atoms with E-state index in [2.05, 4.69) is 25.3 Å². The molecule has 10 heteroatoms. The van der Waals surface area contributed by atoms with Crippen LogP contribution in [0, 0.1) is 17.3 Å². The van der Waals surface area contributed by atoms with Crippen molar-refractivity contribution in [2.75, 3.05) is 5.32 Å². The van der Waals surface area contributed by atoms with Crippen LogP contribution in [0.4, 0.5) is 23.4 Å². The van der Waals surface area contributed by atoms with E-state index in [-0.39, 0.29) is 18.8 Å². The Morgan fingerprint density at radius 3 is 2.58 bits per heavy atom. The number of alkyl halides is 3. The van der Waals surface area contributed by atoms with Crippen LogP contribution < -0.4 is 5.32 Å². The van der Waals surface area contributed by atoms with Gasteiger partial charge in [0.25, 0.3) is 0 Å². The van der Waals surface area contributed by atoms with Crippen LogP contribution in [0.15, 0.2) is 48.9 Å². The van der Waals surface area contributed by atoms with E-state index >= 15 is 0 Å². The molecule has 4 heterocycles. The summed E-state index contributed by atoms with van der Waals surface area (Å²) in [5.74, 6) is -0.428. The molecule has 0 spiro atoms. The molecule has 2 N–H and O–H groups in total. The first-order chi connectivity index (χ1) is 14.8. The molecule has 6 nitrogen and oxygen atoms in total. The van der Waals surface area contributed by atoms with E-state index in [1.807, 2.05) is 6.07 Å². The quantitative estimate of drug-likeness (QED) is 0.360. The number of pyridine rings is 3. The smallest absolute Gasteiger partial charge is 0.366 e. The summed E-state index contributed by atoms with van der Waals surface area (Å²) in [7, 11) is 0. The lowest BCUT2D eigenvalue weighted by molar-refractivity contribution is -0.141. The minimum absolute atomic E-state index is 0.141. The van der Waals surface area contributed by atoms with Gasteiger partial charge in [-0.3, -0.25) is 4.98 Å². The summed E-state index contributed by atoms with van der Waals surface area (Å²) in [5.41, 5.74) is 1.66. The Morgan fingerprint density at radius 2 is 1.90 bits per heavy atom. The van der Waals surface area contributed by atoms with Gasteiger partial charge in [0.15, 0.2) is 0 Å². The standard InChI is InChI=1S/C21H14F4N6/c22-19-14(6-15-11-30-20-16(15)5-13(7-26)10-29-20)2-4-18(31-19)28-9-12-1-3-17(27-8-12)21(23,24)25/h1-5,8,10-11H,6,9H2,(H,28,31)(H,29,30). The predicted octanol–water partition coefficient (Wildman–Crippen LogP) is 4.59. The highest BCUT2D eigenvalue weighted by Gasteiger charge is 2.31. The third-order valence-corrected chi connectivity index (χ3v) is 4.64. The second-order valence-electron chi connectivity index (χ2n) is 6.77. The van der Waals surface area contributed by atoms with Crippen molar-refractivity contribution in [2.24, 2.45) is 0 Å². The molecular formula is C21H14F4N6. The molecule has 0 fully saturated rings. The fraction of sp³-hybridized carbons (Fsp3) is 0.143. The Morgan fingerprint density at radius 1 is 1.06 bits per heavy atom. The van der Waals surface area contributed by atoms with Crippen LogP contribution >= 0.6 is 0 Å². The molecule has 0 saturated heterocycles. The number of hydrogen-bond acceptors (Lipinski definition) is 5. The van der Waals surface area contributed by atoms with Crippen molar-refractivity contribution in [1.82, 2.24) is 19.9 Å². The second kappa shape index (κ2) is 8.02.